The van der Waals surface area contributed by atoms with E-state index in [1.54, 1.807) is 0 Å². The van der Waals surface area contributed by atoms with Crippen LogP contribution >= 0.6 is 0 Å². The molecule has 1 unspecified atom stereocenters. The Morgan fingerprint density at radius 3 is 2.21 bits per heavy atom. The second-order valence-electron chi connectivity index (χ2n) is 5.18. The van der Waals surface area contributed by atoms with Crippen LogP contribution < -0.4 is 0 Å². The van der Waals surface area contributed by atoms with Crippen molar-refractivity contribution in [2.45, 2.75) is 57.8 Å². The first-order valence-electron chi connectivity index (χ1n) is 5.60. The molecule has 1 aliphatic rings. The van der Waals surface area contributed by atoms with Crippen LogP contribution in [0.4, 0.5) is 0 Å². The Labute approximate surface area is 88.4 Å². The zero-order chi connectivity index (χ0) is 10.6. The summed E-state index contributed by atoms with van der Waals surface area (Å²) in [6.07, 6.45) is 6.12. The third-order valence-electron chi connectivity index (χ3n) is 2.69. The molecule has 14 heavy (non-hydrogen) atoms. The summed E-state index contributed by atoms with van der Waals surface area (Å²) in [5, 5.41) is 9.09. The van der Waals surface area contributed by atoms with E-state index in [-0.39, 0.29) is 6.10 Å². The first-order chi connectivity index (χ1) is 6.53. The molecule has 2 nitrogen and oxygen atoms in total. The molecule has 3 heteroatoms. The second kappa shape index (κ2) is 4.95. The molecule has 0 aliphatic heterocycles. The van der Waals surface area contributed by atoms with Crippen molar-refractivity contribution in [2.24, 2.45) is 5.92 Å². The van der Waals surface area contributed by atoms with Gasteiger partial charge >= 0.3 is 0 Å². The first kappa shape index (κ1) is 11.7. The maximum absolute atomic E-state index is 9.09. The fourth-order valence-corrected chi connectivity index (χ4v) is 3.05. The van der Waals surface area contributed by atoms with Crippen LogP contribution in [-0.2, 0) is 4.43 Å². The van der Waals surface area contributed by atoms with E-state index in [1.807, 2.05) is 0 Å². The minimum Gasteiger partial charge on any atom is -0.402 e. The van der Waals surface area contributed by atoms with Crippen molar-refractivity contribution >= 4 is 8.32 Å². The van der Waals surface area contributed by atoms with Crippen LogP contribution in [0.3, 0.4) is 0 Å². The van der Waals surface area contributed by atoms with Crippen molar-refractivity contribution in [2.75, 3.05) is 0 Å². The van der Waals surface area contributed by atoms with Gasteiger partial charge in [0, 0.05) is 0 Å². The van der Waals surface area contributed by atoms with E-state index in [0.717, 1.165) is 0 Å². The molecule has 0 saturated heterocycles. The molecule has 0 amide bonds. The summed E-state index contributed by atoms with van der Waals surface area (Å²) in [4.78, 5) is 0. The fourth-order valence-electron chi connectivity index (χ4n) is 2.05. The highest BCUT2D eigenvalue weighted by Crippen LogP contribution is 2.29. The van der Waals surface area contributed by atoms with Crippen LogP contribution in [0.1, 0.15) is 32.1 Å². The van der Waals surface area contributed by atoms with Crippen molar-refractivity contribution in [3.05, 3.63) is 0 Å². The lowest BCUT2D eigenvalue weighted by molar-refractivity contribution is 0.146. The summed E-state index contributed by atoms with van der Waals surface area (Å²) in [5.74, 6) is 0.500. The number of rotatable bonds is 3. The monoisotopic (exact) mass is 211 g/mol. The van der Waals surface area contributed by atoms with Gasteiger partial charge in [0.05, 0.1) is 6.07 Å². The average molecular weight is 211 g/mol. The maximum atomic E-state index is 9.09. The van der Waals surface area contributed by atoms with Gasteiger partial charge in [0.1, 0.15) is 6.10 Å². The molecule has 1 aliphatic carbocycles. The van der Waals surface area contributed by atoms with Gasteiger partial charge in [0.2, 0.25) is 0 Å². The van der Waals surface area contributed by atoms with Crippen LogP contribution in [0.15, 0.2) is 0 Å². The number of nitriles is 1. The molecule has 80 valence electrons. The predicted octanol–water partition coefficient (Wildman–Crippen LogP) is 3.31. The van der Waals surface area contributed by atoms with Gasteiger partial charge in [-0.2, -0.15) is 5.26 Å². The molecule has 1 saturated carbocycles. The lowest BCUT2D eigenvalue weighted by Crippen LogP contribution is -2.36. The van der Waals surface area contributed by atoms with E-state index in [9.17, 15) is 0 Å². The number of hydrogen-bond acceptors (Lipinski definition) is 2. The van der Waals surface area contributed by atoms with Gasteiger partial charge in [0.15, 0.2) is 8.32 Å². The Balaban J connectivity index is 2.49. The zero-order valence-electron chi connectivity index (χ0n) is 9.55. The van der Waals surface area contributed by atoms with E-state index in [0.29, 0.717) is 5.92 Å². The highest BCUT2D eigenvalue weighted by atomic mass is 28.4. The van der Waals surface area contributed by atoms with Gasteiger partial charge in [-0.1, -0.05) is 19.3 Å². The summed E-state index contributed by atoms with van der Waals surface area (Å²) >= 11 is 0. The standard InChI is InChI=1S/C11H21NOSi/c1-14(2,3)13-11(9-12)10-7-5-4-6-8-10/h10-11H,4-8H2,1-3H3. The molecular formula is C11H21NOSi. The van der Waals surface area contributed by atoms with Crippen molar-refractivity contribution in [1.29, 1.82) is 5.26 Å². The highest BCUT2D eigenvalue weighted by molar-refractivity contribution is 6.69. The summed E-state index contributed by atoms with van der Waals surface area (Å²) in [6, 6.07) is 2.34. The molecule has 1 fully saturated rings. The summed E-state index contributed by atoms with van der Waals surface area (Å²) < 4.78 is 5.90. The van der Waals surface area contributed by atoms with E-state index < -0.39 is 8.32 Å². The SMILES string of the molecule is C[Si](C)(C)OC(C#N)C1CCCCC1. The van der Waals surface area contributed by atoms with Crippen LogP contribution in [0.25, 0.3) is 0 Å². The van der Waals surface area contributed by atoms with E-state index >= 15 is 0 Å². The van der Waals surface area contributed by atoms with Crippen molar-refractivity contribution in [3.8, 4) is 6.07 Å². The molecule has 0 radical (unpaired) electrons. The van der Waals surface area contributed by atoms with Crippen LogP contribution in [-0.4, -0.2) is 14.4 Å². The molecule has 0 heterocycles. The molecule has 0 bridgehead atoms. The Kier molecular flexibility index (Phi) is 4.15. The Hall–Kier alpha value is -0.333. The van der Waals surface area contributed by atoms with Crippen molar-refractivity contribution in [1.82, 2.24) is 0 Å². The van der Waals surface area contributed by atoms with Gasteiger partial charge in [-0.05, 0) is 38.4 Å². The summed E-state index contributed by atoms with van der Waals surface area (Å²) in [7, 11) is -1.55. The van der Waals surface area contributed by atoms with Crippen LogP contribution in [0, 0.1) is 17.2 Å². The van der Waals surface area contributed by atoms with Gasteiger partial charge in [-0.25, -0.2) is 0 Å². The maximum Gasteiger partial charge on any atom is 0.185 e. The molecule has 0 aromatic rings. The Morgan fingerprint density at radius 2 is 1.79 bits per heavy atom. The molecule has 1 atom stereocenters. The predicted molar refractivity (Wildman–Crippen MR) is 60.4 cm³/mol. The molecular weight excluding hydrogens is 190 g/mol. The van der Waals surface area contributed by atoms with Crippen LogP contribution in [0.2, 0.25) is 19.6 Å². The molecule has 1 rings (SSSR count). The molecule has 0 aromatic heterocycles. The van der Waals surface area contributed by atoms with E-state index in [4.69, 9.17) is 9.69 Å². The summed E-state index contributed by atoms with van der Waals surface area (Å²) in [6.45, 7) is 6.46. The first-order valence-corrected chi connectivity index (χ1v) is 9.01. The highest BCUT2D eigenvalue weighted by Gasteiger charge is 2.28. The van der Waals surface area contributed by atoms with Gasteiger partial charge in [-0.3, -0.25) is 0 Å². The van der Waals surface area contributed by atoms with Gasteiger partial charge < -0.3 is 4.43 Å². The smallest absolute Gasteiger partial charge is 0.185 e. The Bertz CT molecular complexity index is 210. The normalized spacial score (nSPS) is 21.6. The van der Waals surface area contributed by atoms with Gasteiger partial charge in [0.25, 0.3) is 0 Å². The van der Waals surface area contributed by atoms with E-state index in [1.165, 1.54) is 32.1 Å². The number of nitrogens with zero attached hydrogens (tertiary/aromatic N) is 1. The lowest BCUT2D eigenvalue weighted by atomic mass is 9.86. The third kappa shape index (κ3) is 3.81. The minimum atomic E-state index is -1.55. The van der Waals surface area contributed by atoms with E-state index in [2.05, 4.69) is 25.7 Å². The number of hydrogen-bond donors (Lipinski definition) is 0. The minimum absolute atomic E-state index is 0.137. The average Bonchev–Trinajstić information content (AvgIpc) is 2.14. The quantitative estimate of drug-likeness (QED) is 0.671. The van der Waals surface area contributed by atoms with Gasteiger partial charge in [-0.15, -0.1) is 0 Å². The zero-order valence-corrected chi connectivity index (χ0v) is 10.5. The largest absolute Gasteiger partial charge is 0.402 e. The molecule has 0 spiro atoms. The second-order valence-corrected chi connectivity index (χ2v) is 9.64. The third-order valence-corrected chi connectivity index (χ3v) is 3.65. The fraction of sp³-hybridized carbons (Fsp3) is 0.909. The summed E-state index contributed by atoms with van der Waals surface area (Å²) in [5.41, 5.74) is 0. The molecule has 0 aromatic carbocycles. The topological polar surface area (TPSA) is 33.0 Å². The molecule has 0 N–H and O–H groups in total. The van der Waals surface area contributed by atoms with Crippen molar-refractivity contribution < 1.29 is 4.43 Å². The lowest BCUT2D eigenvalue weighted by Gasteiger charge is -2.30. The van der Waals surface area contributed by atoms with Crippen LogP contribution in [0.5, 0.6) is 0 Å². The Morgan fingerprint density at radius 1 is 1.21 bits per heavy atom. The van der Waals surface area contributed by atoms with Crippen molar-refractivity contribution in [3.63, 3.8) is 0 Å².